The largest absolute Gasteiger partial charge is 0.493 e. The molecular weight excluding hydrogens is 202 g/mol. The summed E-state index contributed by atoms with van der Waals surface area (Å²) < 4.78 is 5.56. The van der Waals surface area contributed by atoms with Gasteiger partial charge in [-0.05, 0) is 31.2 Å². The molecular formula is C12H15N3O. The van der Waals surface area contributed by atoms with Crippen LogP contribution in [0.15, 0.2) is 30.5 Å². The minimum Gasteiger partial charge on any atom is -0.493 e. The van der Waals surface area contributed by atoms with Gasteiger partial charge >= 0.3 is 0 Å². The molecule has 84 valence electrons. The summed E-state index contributed by atoms with van der Waals surface area (Å²) in [4.78, 5) is 7.37. The lowest BCUT2D eigenvalue weighted by Gasteiger charge is -2.04. The van der Waals surface area contributed by atoms with E-state index in [-0.39, 0.29) is 0 Å². The van der Waals surface area contributed by atoms with Gasteiger partial charge in [0.25, 0.3) is 0 Å². The zero-order valence-electron chi connectivity index (χ0n) is 9.23. The Labute approximate surface area is 94.5 Å². The van der Waals surface area contributed by atoms with E-state index in [0.717, 1.165) is 29.4 Å². The van der Waals surface area contributed by atoms with E-state index < -0.39 is 0 Å². The summed E-state index contributed by atoms with van der Waals surface area (Å²) in [5.41, 5.74) is 7.39. The van der Waals surface area contributed by atoms with Crippen molar-refractivity contribution < 1.29 is 4.74 Å². The number of hydrogen-bond acceptors (Lipinski definition) is 3. The predicted octanol–water partition coefficient (Wildman–Crippen LogP) is 1.92. The van der Waals surface area contributed by atoms with Gasteiger partial charge in [0, 0.05) is 24.0 Å². The molecule has 16 heavy (non-hydrogen) atoms. The molecule has 1 aromatic heterocycles. The molecule has 0 fully saturated rings. The Hall–Kier alpha value is -1.97. The third kappa shape index (κ3) is 2.76. The van der Waals surface area contributed by atoms with Gasteiger partial charge < -0.3 is 15.5 Å². The van der Waals surface area contributed by atoms with Crippen molar-refractivity contribution in [2.24, 2.45) is 0 Å². The summed E-state index contributed by atoms with van der Waals surface area (Å²) in [5.74, 6) is 1.78. The smallest absolute Gasteiger partial charge is 0.119 e. The lowest BCUT2D eigenvalue weighted by atomic mass is 10.3. The van der Waals surface area contributed by atoms with E-state index in [4.69, 9.17) is 10.5 Å². The van der Waals surface area contributed by atoms with Crippen LogP contribution >= 0.6 is 0 Å². The molecule has 0 saturated carbocycles. The van der Waals surface area contributed by atoms with Gasteiger partial charge in [0.05, 0.1) is 6.61 Å². The molecule has 0 radical (unpaired) electrons. The lowest BCUT2D eigenvalue weighted by Crippen LogP contribution is -2.02. The molecule has 0 unspecified atom stereocenters. The number of imidazole rings is 1. The van der Waals surface area contributed by atoms with Crippen LogP contribution in [0.3, 0.4) is 0 Å². The summed E-state index contributed by atoms with van der Waals surface area (Å²) >= 11 is 0. The van der Waals surface area contributed by atoms with Crippen molar-refractivity contribution in [2.45, 2.75) is 13.3 Å². The first-order valence-corrected chi connectivity index (χ1v) is 5.23. The number of nitrogens with zero attached hydrogens (tertiary/aromatic N) is 1. The molecule has 0 spiro atoms. The second-order valence-corrected chi connectivity index (χ2v) is 3.68. The Bertz CT molecular complexity index is 448. The Kier molecular flexibility index (Phi) is 3.10. The average Bonchev–Trinajstić information content (AvgIpc) is 2.67. The Morgan fingerprint density at radius 1 is 1.31 bits per heavy atom. The Morgan fingerprint density at radius 3 is 2.69 bits per heavy atom. The van der Waals surface area contributed by atoms with Gasteiger partial charge in [-0.15, -0.1) is 0 Å². The number of nitrogens with one attached hydrogen (secondary N) is 1. The molecule has 2 rings (SSSR count). The van der Waals surface area contributed by atoms with Gasteiger partial charge in [0.1, 0.15) is 11.6 Å². The summed E-state index contributed by atoms with van der Waals surface area (Å²) in [6, 6.07) is 7.38. The normalized spacial score (nSPS) is 10.3. The third-order valence-corrected chi connectivity index (χ3v) is 2.24. The molecule has 0 bridgehead atoms. The van der Waals surface area contributed by atoms with Gasteiger partial charge in [0.2, 0.25) is 0 Å². The van der Waals surface area contributed by atoms with Crippen LogP contribution in [0.2, 0.25) is 0 Å². The van der Waals surface area contributed by atoms with Gasteiger partial charge in [-0.1, -0.05) is 0 Å². The van der Waals surface area contributed by atoms with Crippen molar-refractivity contribution in [3.63, 3.8) is 0 Å². The van der Waals surface area contributed by atoms with E-state index in [1.807, 2.05) is 37.4 Å². The average molecular weight is 217 g/mol. The van der Waals surface area contributed by atoms with Gasteiger partial charge in [-0.2, -0.15) is 0 Å². The van der Waals surface area contributed by atoms with Crippen LogP contribution in [0.25, 0.3) is 0 Å². The van der Waals surface area contributed by atoms with Crippen molar-refractivity contribution in [1.82, 2.24) is 9.97 Å². The summed E-state index contributed by atoms with van der Waals surface area (Å²) in [5, 5.41) is 0. The molecule has 4 nitrogen and oxygen atoms in total. The molecule has 2 aromatic rings. The van der Waals surface area contributed by atoms with Crippen molar-refractivity contribution >= 4 is 5.69 Å². The molecule has 0 aliphatic carbocycles. The van der Waals surface area contributed by atoms with Gasteiger partial charge in [0.15, 0.2) is 0 Å². The number of aryl methyl sites for hydroxylation is 1. The van der Waals surface area contributed by atoms with E-state index in [9.17, 15) is 0 Å². The summed E-state index contributed by atoms with van der Waals surface area (Å²) in [6.45, 7) is 2.59. The molecule has 3 N–H and O–H groups in total. The van der Waals surface area contributed by atoms with Crippen LogP contribution in [0.5, 0.6) is 5.75 Å². The van der Waals surface area contributed by atoms with Crippen molar-refractivity contribution in [2.75, 3.05) is 12.3 Å². The minimum atomic E-state index is 0.608. The summed E-state index contributed by atoms with van der Waals surface area (Å²) in [6.07, 6.45) is 2.59. The first kappa shape index (κ1) is 10.5. The SMILES string of the molecule is Cc1cnc(CCOc2ccc(N)cc2)[nH]1. The Morgan fingerprint density at radius 2 is 2.06 bits per heavy atom. The van der Waals surface area contributed by atoms with Crippen molar-refractivity contribution in [3.8, 4) is 5.75 Å². The fourth-order valence-electron chi connectivity index (χ4n) is 1.42. The number of rotatable bonds is 4. The zero-order valence-corrected chi connectivity index (χ0v) is 9.23. The minimum absolute atomic E-state index is 0.608. The maximum atomic E-state index is 5.58. The maximum Gasteiger partial charge on any atom is 0.119 e. The number of ether oxygens (including phenoxy) is 1. The van der Waals surface area contributed by atoms with Crippen LogP contribution in [-0.2, 0) is 6.42 Å². The summed E-state index contributed by atoms with van der Waals surface area (Å²) in [7, 11) is 0. The van der Waals surface area contributed by atoms with Crippen molar-refractivity contribution in [3.05, 3.63) is 42.0 Å². The van der Waals surface area contributed by atoms with Crippen LogP contribution in [0, 0.1) is 6.92 Å². The third-order valence-electron chi connectivity index (χ3n) is 2.24. The molecule has 0 atom stereocenters. The van der Waals surface area contributed by atoms with Crippen LogP contribution in [-0.4, -0.2) is 16.6 Å². The quantitative estimate of drug-likeness (QED) is 0.769. The fraction of sp³-hybridized carbons (Fsp3) is 0.250. The highest BCUT2D eigenvalue weighted by Crippen LogP contribution is 2.13. The highest BCUT2D eigenvalue weighted by atomic mass is 16.5. The van der Waals surface area contributed by atoms with Crippen LogP contribution < -0.4 is 10.5 Å². The number of nitrogen functional groups attached to an aromatic ring is 1. The van der Waals surface area contributed by atoms with Crippen LogP contribution in [0.4, 0.5) is 5.69 Å². The highest BCUT2D eigenvalue weighted by molar-refractivity contribution is 5.41. The lowest BCUT2D eigenvalue weighted by molar-refractivity contribution is 0.319. The molecule has 4 heteroatoms. The first-order chi connectivity index (χ1) is 7.74. The molecule has 0 amide bonds. The number of hydrogen-bond donors (Lipinski definition) is 2. The second-order valence-electron chi connectivity index (χ2n) is 3.68. The highest BCUT2D eigenvalue weighted by Gasteiger charge is 1.98. The zero-order chi connectivity index (χ0) is 11.4. The van der Waals surface area contributed by atoms with E-state index in [2.05, 4.69) is 9.97 Å². The molecule has 0 aliphatic heterocycles. The first-order valence-electron chi connectivity index (χ1n) is 5.23. The molecule has 1 heterocycles. The number of nitrogens with two attached hydrogens (primary N) is 1. The molecule has 0 aliphatic rings. The van der Waals surface area contributed by atoms with Crippen LogP contribution in [0.1, 0.15) is 11.5 Å². The van der Waals surface area contributed by atoms with E-state index in [1.165, 1.54) is 0 Å². The topological polar surface area (TPSA) is 63.9 Å². The fourth-order valence-corrected chi connectivity index (χ4v) is 1.42. The number of benzene rings is 1. The number of aromatic nitrogens is 2. The second kappa shape index (κ2) is 4.70. The molecule has 0 saturated heterocycles. The number of H-pyrrole nitrogens is 1. The van der Waals surface area contributed by atoms with Gasteiger partial charge in [-0.25, -0.2) is 4.98 Å². The standard InChI is InChI=1S/C12H15N3O/c1-9-8-14-12(15-9)6-7-16-11-4-2-10(13)3-5-11/h2-5,8H,6-7,13H2,1H3,(H,14,15). The van der Waals surface area contributed by atoms with E-state index in [0.29, 0.717) is 6.61 Å². The molecule has 1 aromatic carbocycles. The predicted molar refractivity (Wildman–Crippen MR) is 63.4 cm³/mol. The maximum absolute atomic E-state index is 5.58. The van der Waals surface area contributed by atoms with Gasteiger partial charge in [-0.3, -0.25) is 0 Å². The van der Waals surface area contributed by atoms with E-state index >= 15 is 0 Å². The van der Waals surface area contributed by atoms with Crippen molar-refractivity contribution in [1.29, 1.82) is 0 Å². The number of aromatic amines is 1. The van der Waals surface area contributed by atoms with E-state index in [1.54, 1.807) is 0 Å². The monoisotopic (exact) mass is 217 g/mol. The Balaban J connectivity index is 1.82. The number of anilines is 1.